The van der Waals surface area contributed by atoms with Gasteiger partial charge in [-0.2, -0.15) is 0 Å². The summed E-state index contributed by atoms with van der Waals surface area (Å²) in [6, 6.07) is 5.83. The zero-order valence-electron chi connectivity index (χ0n) is 11.3. The number of nitrogen functional groups attached to an aromatic ring is 1. The van der Waals surface area contributed by atoms with E-state index in [9.17, 15) is 12.8 Å². The number of fused-ring (bicyclic) bond motifs is 1. The average molecular weight is 307 g/mol. The van der Waals surface area contributed by atoms with E-state index < -0.39 is 15.8 Å². The van der Waals surface area contributed by atoms with Gasteiger partial charge in [0.2, 0.25) is 0 Å². The fourth-order valence-electron chi connectivity index (χ4n) is 2.64. The second-order valence-corrected chi connectivity index (χ2v) is 6.90. The molecule has 1 aromatic carbocycles. The molecule has 2 N–H and O–H groups in total. The summed E-state index contributed by atoms with van der Waals surface area (Å²) >= 11 is 0. The Morgan fingerprint density at radius 1 is 1.33 bits per heavy atom. The van der Waals surface area contributed by atoms with Crippen LogP contribution in [0.25, 0.3) is 0 Å². The van der Waals surface area contributed by atoms with Gasteiger partial charge in [0.05, 0.1) is 11.9 Å². The highest BCUT2D eigenvalue weighted by Crippen LogP contribution is 2.37. The number of hydrogen-bond donors (Lipinski definition) is 1. The molecular weight excluding hydrogens is 293 g/mol. The van der Waals surface area contributed by atoms with Crippen molar-refractivity contribution in [3.05, 3.63) is 48.0 Å². The van der Waals surface area contributed by atoms with Crippen LogP contribution >= 0.6 is 0 Å². The van der Waals surface area contributed by atoms with Gasteiger partial charge in [-0.3, -0.25) is 9.29 Å². The van der Waals surface area contributed by atoms with E-state index in [2.05, 4.69) is 4.98 Å². The molecule has 1 atom stereocenters. The third-order valence-corrected chi connectivity index (χ3v) is 5.39. The Bertz CT molecular complexity index is 808. The van der Waals surface area contributed by atoms with Crippen LogP contribution in [0.1, 0.15) is 12.5 Å². The Morgan fingerprint density at radius 2 is 2.10 bits per heavy atom. The zero-order chi connectivity index (χ0) is 15.2. The first-order valence-corrected chi connectivity index (χ1v) is 7.87. The van der Waals surface area contributed by atoms with Gasteiger partial charge in [0.25, 0.3) is 10.0 Å². The summed E-state index contributed by atoms with van der Waals surface area (Å²) in [5, 5.41) is 0. The number of halogens is 1. The first-order valence-electron chi connectivity index (χ1n) is 6.43. The SMILES string of the molecule is CC1Cc2cc(N)ccc2N1S(=O)(=O)c1cncc(F)c1. The number of pyridine rings is 1. The third kappa shape index (κ3) is 2.23. The minimum atomic E-state index is -3.85. The average Bonchev–Trinajstić information content (AvgIpc) is 2.74. The quantitative estimate of drug-likeness (QED) is 0.860. The van der Waals surface area contributed by atoms with Crippen molar-refractivity contribution in [1.29, 1.82) is 0 Å². The number of anilines is 2. The van der Waals surface area contributed by atoms with Gasteiger partial charge in [-0.1, -0.05) is 0 Å². The molecule has 3 rings (SSSR count). The molecule has 21 heavy (non-hydrogen) atoms. The molecule has 1 aliphatic rings. The molecule has 0 saturated heterocycles. The minimum absolute atomic E-state index is 0.154. The first kappa shape index (κ1) is 13.8. The van der Waals surface area contributed by atoms with Crippen molar-refractivity contribution in [3.8, 4) is 0 Å². The van der Waals surface area contributed by atoms with Gasteiger partial charge >= 0.3 is 0 Å². The molecule has 0 fully saturated rings. The lowest BCUT2D eigenvalue weighted by atomic mass is 10.1. The lowest BCUT2D eigenvalue weighted by Crippen LogP contribution is -2.35. The maximum absolute atomic E-state index is 13.3. The topological polar surface area (TPSA) is 76.3 Å². The monoisotopic (exact) mass is 307 g/mol. The van der Waals surface area contributed by atoms with E-state index >= 15 is 0 Å². The van der Waals surface area contributed by atoms with E-state index in [0.29, 0.717) is 17.8 Å². The summed E-state index contributed by atoms with van der Waals surface area (Å²) in [6.45, 7) is 1.81. The molecule has 0 bridgehead atoms. The molecule has 2 aromatic rings. The Kier molecular flexibility index (Phi) is 3.09. The molecule has 1 aromatic heterocycles. The summed E-state index contributed by atoms with van der Waals surface area (Å²) in [4.78, 5) is 3.46. The second-order valence-electron chi connectivity index (χ2n) is 5.08. The summed E-state index contributed by atoms with van der Waals surface area (Å²) in [7, 11) is -3.85. The van der Waals surface area contributed by atoms with Crippen LogP contribution in [-0.2, 0) is 16.4 Å². The number of nitrogens with two attached hydrogens (primary N) is 1. The number of nitrogens with zero attached hydrogens (tertiary/aromatic N) is 2. The molecule has 1 unspecified atom stereocenters. The van der Waals surface area contributed by atoms with Crippen molar-refractivity contribution in [2.24, 2.45) is 0 Å². The zero-order valence-corrected chi connectivity index (χ0v) is 12.1. The minimum Gasteiger partial charge on any atom is -0.399 e. The highest BCUT2D eigenvalue weighted by atomic mass is 32.2. The molecule has 0 saturated carbocycles. The van der Waals surface area contributed by atoms with Gasteiger partial charge in [0.1, 0.15) is 10.7 Å². The number of benzene rings is 1. The number of rotatable bonds is 2. The highest BCUT2D eigenvalue weighted by molar-refractivity contribution is 7.92. The Morgan fingerprint density at radius 3 is 2.81 bits per heavy atom. The van der Waals surface area contributed by atoms with Crippen LogP contribution in [0.15, 0.2) is 41.6 Å². The van der Waals surface area contributed by atoms with Crippen LogP contribution < -0.4 is 10.0 Å². The van der Waals surface area contributed by atoms with Gasteiger partial charge in [0.15, 0.2) is 0 Å². The van der Waals surface area contributed by atoms with Gasteiger partial charge in [-0.05, 0) is 43.2 Å². The van der Waals surface area contributed by atoms with Crippen LogP contribution in [0, 0.1) is 5.82 Å². The van der Waals surface area contributed by atoms with Crippen molar-refractivity contribution in [2.45, 2.75) is 24.3 Å². The lowest BCUT2D eigenvalue weighted by Gasteiger charge is -2.24. The van der Waals surface area contributed by atoms with Crippen LogP contribution in [0.3, 0.4) is 0 Å². The molecular formula is C14H14FN3O2S. The van der Waals surface area contributed by atoms with E-state index in [-0.39, 0.29) is 10.9 Å². The van der Waals surface area contributed by atoms with Crippen molar-refractivity contribution in [3.63, 3.8) is 0 Å². The van der Waals surface area contributed by atoms with E-state index in [1.807, 2.05) is 0 Å². The summed E-state index contributed by atoms with van der Waals surface area (Å²) < 4.78 is 40.0. The second kappa shape index (κ2) is 4.70. The van der Waals surface area contributed by atoms with Gasteiger partial charge in [0, 0.05) is 17.9 Å². The van der Waals surface area contributed by atoms with E-state index in [1.165, 1.54) is 4.31 Å². The molecule has 0 spiro atoms. The number of aromatic nitrogens is 1. The predicted molar refractivity (Wildman–Crippen MR) is 77.9 cm³/mol. The maximum atomic E-state index is 13.3. The fraction of sp³-hybridized carbons (Fsp3) is 0.214. The largest absolute Gasteiger partial charge is 0.399 e. The molecule has 0 aliphatic carbocycles. The van der Waals surface area contributed by atoms with Crippen LogP contribution in [0.2, 0.25) is 0 Å². The Labute approximate surface area is 122 Å². The molecule has 0 radical (unpaired) electrons. The van der Waals surface area contributed by atoms with Gasteiger partial charge in [-0.15, -0.1) is 0 Å². The van der Waals surface area contributed by atoms with Crippen LogP contribution in [0.5, 0.6) is 0 Å². The lowest BCUT2D eigenvalue weighted by molar-refractivity contribution is 0.578. The smallest absolute Gasteiger partial charge is 0.266 e. The molecule has 7 heteroatoms. The maximum Gasteiger partial charge on any atom is 0.266 e. The Balaban J connectivity index is 2.12. The molecule has 110 valence electrons. The number of sulfonamides is 1. The molecule has 5 nitrogen and oxygen atoms in total. The van der Waals surface area contributed by atoms with Crippen molar-refractivity contribution in [2.75, 3.05) is 10.0 Å². The highest BCUT2D eigenvalue weighted by Gasteiger charge is 2.36. The third-order valence-electron chi connectivity index (χ3n) is 3.49. The summed E-state index contributed by atoms with van der Waals surface area (Å²) in [6.07, 6.45) is 2.70. The molecule has 1 aliphatic heterocycles. The van der Waals surface area contributed by atoms with Gasteiger partial charge in [-0.25, -0.2) is 12.8 Å². The number of hydrogen-bond acceptors (Lipinski definition) is 4. The van der Waals surface area contributed by atoms with Crippen molar-refractivity contribution >= 4 is 21.4 Å². The van der Waals surface area contributed by atoms with Crippen molar-refractivity contribution < 1.29 is 12.8 Å². The van der Waals surface area contributed by atoms with Gasteiger partial charge < -0.3 is 5.73 Å². The predicted octanol–water partition coefficient (Wildman–Crippen LogP) is 1.94. The van der Waals surface area contributed by atoms with E-state index in [1.54, 1.807) is 25.1 Å². The van der Waals surface area contributed by atoms with E-state index in [0.717, 1.165) is 24.0 Å². The van der Waals surface area contributed by atoms with Crippen LogP contribution in [0.4, 0.5) is 15.8 Å². The molecule has 0 amide bonds. The Hall–Kier alpha value is -2.15. The van der Waals surface area contributed by atoms with Crippen molar-refractivity contribution in [1.82, 2.24) is 4.98 Å². The molecule has 2 heterocycles. The first-order chi connectivity index (χ1) is 9.89. The fourth-order valence-corrected chi connectivity index (χ4v) is 4.30. The normalized spacial score (nSPS) is 17.8. The van der Waals surface area contributed by atoms with Crippen LogP contribution in [-0.4, -0.2) is 19.4 Å². The summed E-state index contributed by atoms with van der Waals surface area (Å²) in [5.74, 6) is -0.680. The summed E-state index contributed by atoms with van der Waals surface area (Å²) in [5.41, 5.74) is 7.78. The van der Waals surface area contributed by atoms with E-state index in [4.69, 9.17) is 5.73 Å². The standard InChI is InChI=1S/C14H14FN3O2S/c1-9-4-10-5-12(16)2-3-14(10)18(9)21(19,20)13-6-11(15)7-17-8-13/h2-3,5-9H,4,16H2,1H3.